The number of hydrogen-bond donors (Lipinski definition) is 3. The van der Waals surface area contributed by atoms with E-state index >= 15 is 0 Å². The fourth-order valence-corrected chi connectivity index (χ4v) is 2.69. The molecule has 3 atom stereocenters. The molecule has 5 heteroatoms. The fourth-order valence-electron chi connectivity index (χ4n) is 2.69. The Morgan fingerprint density at radius 3 is 2.30 bits per heavy atom. The van der Waals surface area contributed by atoms with Crippen molar-refractivity contribution in [3.63, 3.8) is 0 Å². The van der Waals surface area contributed by atoms with E-state index in [1.54, 1.807) is 0 Å². The first-order valence-electron chi connectivity index (χ1n) is 7.44. The summed E-state index contributed by atoms with van der Waals surface area (Å²) >= 11 is 0. The van der Waals surface area contributed by atoms with Gasteiger partial charge in [0.2, 0.25) is 0 Å². The summed E-state index contributed by atoms with van der Waals surface area (Å²) in [5.74, 6) is 9.27. The SMILES string of the molecule is CC1CCC(Nc2cc(NN)nc(C(C)(C)C)n2)C1C. The van der Waals surface area contributed by atoms with Gasteiger partial charge < -0.3 is 10.7 Å². The maximum atomic E-state index is 5.52. The monoisotopic (exact) mass is 277 g/mol. The second-order valence-electron chi connectivity index (χ2n) is 7.02. The number of hydrogen-bond acceptors (Lipinski definition) is 5. The minimum absolute atomic E-state index is 0.0993. The smallest absolute Gasteiger partial charge is 0.145 e. The lowest BCUT2D eigenvalue weighted by Gasteiger charge is -2.23. The molecule has 0 radical (unpaired) electrons. The number of nitrogens with two attached hydrogens (primary N) is 1. The van der Waals surface area contributed by atoms with Gasteiger partial charge in [0.25, 0.3) is 0 Å². The molecule has 1 aromatic heterocycles. The van der Waals surface area contributed by atoms with Crippen molar-refractivity contribution in [3.8, 4) is 0 Å². The van der Waals surface area contributed by atoms with Crippen molar-refractivity contribution >= 4 is 11.6 Å². The summed E-state index contributed by atoms with van der Waals surface area (Å²) in [6.45, 7) is 10.9. The molecule has 1 fully saturated rings. The van der Waals surface area contributed by atoms with Gasteiger partial charge in [-0.15, -0.1) is 0 Å². The molecule has 112 valence electrons. The topological polar surface area (TPSA) is 75.9 Å². The van der Waals surface area contributed by atoms with Crippen molar-refractivity contribution in [3.05, 3.63) is 11.9 Å². The van der Waals surface area contributed by atoms with E-state index in [0.717, 1.165) is 17.6 Å². The van der Waals surface area contributed by atoms with E-state index in [-0.39, 0.29) is 5.41 Å². The number of nitrogen functional groups attached to an aromatic ring is 1. The van der Waals surface area contributed by atoms with Gasteiger partial charge >= 0.3 is 0 Å². The average Bonchev–Trinajstić information content (AvgIpc) is 2.69. The van der Waals surface area contributed by atoms with E-state index in [1.165, 1.54) is 12.8 Å². The molecule has 0 aromatic carbocycles. The van der Waals surface area contributed by atoms with E-state index in [2.05, 4.69) is 55.3 Å². The first-order valence-corrected chi connectivity index (χ1v) is 7.44. The molecular weight excluding hydrogens is 250 g/mol. The molecule has 4 N–H and O–H groups in total. The summed E-state index contributed by atoms with van der Waals surface area (Å²) in [6, 6.07) is 2.36. The Labute approximate surface area is 121 Å². The Morgan fingerprint density at radius 2 is 1.80 bits per heavy atom. The molecular formula is C15H27N5. The number of nitrogens with zero attached hydrogens (tertiary/aromatic N) is 2. The van der Waals surface area contributed by atoms with Gasteiger partial charge in [-0.25, -0.2) is 15.8 Å². The number of aromatic nitrogens is 2. The summed E-state index contributed by atoms with van der Waals surface area (Å²) in [6.07, 6.45) is 2.47. The molecule has 3 unspecified atom stereocenters. The zero-order valence-electron chi connectivity index (χ0n) is 13.2. The van der Waals surface area contributed by atoms with Crippen LogP contribution in [-0.4, -0.2) is 16.0 Å². The second-order valence-corrected chi connectivity index (χ2v) is 7.02. The van der Waals surface area contributed by atoms with Crippen LogP contribution in [0.4, 0.5) is 11.6 Å². The third-order valence-corrected chi connectivity index (χ3v) is 4.34. The predicted octanol–water partition coefficient (Wildman–Crippen LogP) is 2.91. The molecule has 1 aliphatic carbocycles. The zero-order chi connectivity index (χ0) is 14.9. The summed E-state index contributed by atoms with van der Waals surface area (Å²) in [4.78, 5) is 9.10. The maximum absolute atomic E-state index is 5.52. The largest absolute Gasteiger partial charge is 0.367 e. The Kier molecular flexibility index (Phi) is 4.18. The highest BCUT2D eigenvalue weighted by Gasteiger charge is 2.30. The van der Waals surface area contributed by atoms with E-state index in [1.807, 2.05) is 6.07 Å². The van der Waals surface area contributed by atoms with Crippen LogP contribution in [0, 0.1) is 11.8 Å². The van der Waals surface area contributed by atoms with Crippen molar-refractivity contribution in [2.75, 3.05) is 10.7 Å². The zero-order valence-corrected chi connectivity index (χ0v) is 13.2. The summed E-state index contributed by atoms with van der Waals surface area (Å²) in [5, 5.41) is 3.56. The lowest BCUT2D eigenvalue weighted by Crippen LogP contribution is -2.26. The highest BCUT2D eigenvalue weighted by atomic mass is 15.3. The molecule has 0 bridgehead atoms. The third-order valence-electron chi connectivity index (χ3n) is 4.34. The highest BCUT2D eigenvalue weighted by molar-refractivity contribution is 5.48. The van der Waals surface area contributed by atoms with Crippen LogP contribution in [0.5, 0.6) is 0 Å². The quantitative estimate of drug-likeness (QED) is 0.585. The molecule has 5 nitrogen and oxygen atoms in total. The minimum Gasteiger partial charge on any atom is -0.367 e. The van der Waals surface area contributed by atoms with Gasteiger partial charge in [0.1, 0.15) is 17.5 Å². The van der Waals surface area contributed by atoms with Crippen molar-refractivity contribution in [2.45, 2.75) is 58.9 Å². The molecule has 2 rings (SSSR count). The molecule has 1 aliphatic rings. The molecule has 1 heterocycles. The number of hydrazine groups is 1. The normalized spacial score (nSPS) is 26.6. The standard InChI is InChI=1S/C15H27N5/c1-9-6-7-11(10(9)2)17-12-8-13(20-16)19-14(18-12)15(3,4)5/h8-11H,6-7,16H2,1-5H3,(H2,17,18,19,20). The average molecular weight is 277 g/mol. The fraction of sp³-hybridized carbons (Fsp3) is 0.733. The first-order chi connectivity index (χ1) is 9.31. The van der Waals surface area contributed by atoms with Gasteiger partial charge in [-0.1, -0.05) is 34.6 Å². The van der Waals surface area contributed by atoms with E-state index in [0.29, 0.717) is 17.8 Å². The third kappa shape index (κ3) is 3.20. The van der Waals surface area contributed by atoms with Crippen LogP contribution in [0.2, 0.25) is 0 Å². The van der Waals surface area contributed by atoms with Gasteiger partial charge in [0, 0.05) is 17.5 Å². The molecule has 1 saturated carbocycles. The highest BCUT2D eigenvalue weighted by Crippen LogP contribution is 2.33. The van der Waals surface area contributed by atoms with Crippen LogP contribution in [0.15, 0.2) is 6.07 Å². The van der Waals surface area contributed by atoms with Crippen LogP contribution >= 0.6 is 0 Å². The molecule has 0 spiro atoms. The van der Waals surface area contributed by atoms with Crippen LogP contribution < -0.4 is 16.6 Å². The summed E-state index contributed by atoms with van der Waals surface area (Å²) in [7, 11) is 0. The lowest BCUT2D eigenvalue weighted by atomic mass is 9.95. The van der Waals surface area contributed by atoms with Crippen molar-refractivity contribution in [2.24, 2.45) is 17.7 Å². The van der Waals surface area contributed by atoms with Gasteiger partial charge in [-0.3, -0.25) is 0 Å². The van der Waals surface area contributed by atoms with Crippen molar-refractivity contribution in [1.82, 2.24) is 9.97 Å². The maximum Gasteiger partial charge on any atom is 0.145 e. The van der Waals surface area contributed by atoms with Gasteiger partial charge in [-0.05, 0) is 24.7 Å². The number of anilines is 2. The molecule has 0 saturated heterocycles. The lowest BCUT2D eigenvalue weighted by molar-refractivity contribution is 0.434. The Hall–Kier alpha value is -1.36. The Bertz CT molecular complexity index is 466. The van der Waals surface area contributed by atoms with Gasteiger partial charge in [0.15, 0.2) is 0 Å². The second kappa shape index (κ2) is 5.56. The van der Waals surface area contributed by atoms with E-state index in [4.69, 9.17) is 5.84 Å². The molecule has 0 aliphatic heterocycles. The Balaban J connectivity index is 2.23. The van der Waals surface area contributed by atoms with Gasteiger partial charge in [0.05, 0.1) is 0 Å². The van der Waals surface area contributed by atoms with E-state index < -0.39 is 0 Å². The summed E-state index contributed by atoms with van der Waals surface area (Å²) < 4.78 is 0. The van der Waals surface area contributed by atoms with Crippen LogP contribution in [0.1, 0.15) is 53.3 Å². The molecule has 0 amide bonds. The van der Waals surface area contributed by atoms with Crippen LogP contribution in [0.25, 0.3) is 0 Å². The van der Waals surface area contributed by atoms with Crippen LogP contribution in [0.3, 0.4) is 0 Å². The molecule has 1 aromatic rings. The minimum atomic E-state index is -0.0993. The van der Waals surface area contributed by atoms with E-state index in [9.17, 15) is 0 Å². The van der Waals surface area contributed by atoms with Gasteiger partial charge in [-0.2, -0.15) is 0 Å². The number of rotatable bonds is 3. The predicted molar refractivity (Wildman–Crippen MR) is 83.5 cm³/mol. The molecule has 20 heavy (non-hydrogen) atoms. The Morgan fingerprint density at radius 1 is 1.15 bits per heavy atom. The van der Waals surface area contributed by atoms with Crippen molar-refractivity contribution in [1.29, 1.82) is 0 Å². The van der Waals surface area contributed by atoms with Crippen LogP contribution in [-0.2, 0) is 5.41 Å². The van der Waals surface area contributed by atoms with Crippen molar-refractivity contribution < 1.29 is 0 Å². The first kappa shape index (κ1) is 15.0. The summed E-state index contributed by atoms with van der Waals surface area (Å²) in [5.41, 5.74) is 2.53. The number of nitrogens with one attached hydrogen (secondary N) is 2.